The van der Waals surface area contributed by atoms with Crippen LogP contribution in [0.2, 0.25) is 0 Å². The van der Waals surface area contributed by atoms with Gasteiger partial charge < -0.3 is 5.73 Å². The molecule has 0 saturated heterocycles. The topological polar surface area (TPSA) is 29.3 Å². The van der Waals surface area contributed by atoms with Gasteiger partial charge in [0.15, 0.2) is 0 Å². The average molecular weight is 219 g/mol. The normalized spacial score (nSPS) is 17.4. The minimum atomic E-state index is 0.771. The van der Waals surface area contributed by atoms with Crippen LogP contribution < -0.4 is 5.73 Å². The van der Waals surface area contributed by atoms with Gasteiger partial charge in [0.2, 0.25) is 0 Å². The highest BCUT2D eigenvalue weighted by Gasteiger charge is 2.23. The maximum atomic E-state index is 5.80. The first-order chi connectivity index (χ1) is 6.88. The molecule has 1 aliphatic rings. The summed E-state index contributed by atoms with van der Waals surface area (Å²) < 4.78 is 0. The molecule has 0 aromatic carbocycles. The third kappa shape index (κ3) is 4.16. The van der Waals surface area contributed by atoms with Gasteiger partial charge in [-0.25, -0.2) is 0 Å². The van der Waals surface area contributed by atoms with Crippen molar-refractivity contribution < 1.29 is 0 Å². The van der Waals surface area contributed by atoms with Crippen LogP contribution in [0.4, 0.5) is 0 Å². The summed E-state index contributed by atoms with van der Waals surface area (Å²) in [5, 5.41) is 0. The van der Waals surface area contributed by atoms with Crippen LogP contribution >= 0.6 is 11.6 Å². The van der Waals surface area contributed by atoms with Gasteiger partial charge in [0.25, 0.3) is 0 Å². The summed E-state index contributed by atoms with van der Waals surface area (Å²) in [6.07, 6.45) is 7.89. The summed E-state index contributed by atoms with van der Waals surface area (Å²) in [6, 6.07) is 0.839. The van der Waals surface area contributed by atoms with Crippen LogP contribution in [0.3, 0.4) is 0 Å². The lowest BCUT2D eigenvalue weighted by molar-refractivity contribution is 0.132. The number of alkyl halides is 1. The van der Waals surface area contributed by atoms with E-state index in [2.05, 4.69) is 4.90 Å². The molecule has 0 aromatic rings. The first-order valence-corrected chi connectivity index (χ1v) is 6.42. The van der Waals surface area contributed by atoms with Gasteiger partial charge in [0.05, 0.1) is 0 Å². The molecule has 0 radical (unpaired) electrons. The zero-order chi connectivity index (χ0) is 10.2. The molecule has 84 valence electrons. The lowest BCUT2D eigenvalue weighted by Gasteiger charge is -2.37. The molecule has 1 fully saturated rings. The minimum absolute atomic E-state index is 0.771. The maximum absolute atomic E-state index is 5.80. The van der Waals surface area contributed by atoms with E-state index in [1.54, 1.807) is 0 Å². The van der Waals surface area contributed by atoms with Gasteiger partial charge >= 0.3 is 0 Å². The lowest BCUT2D eigenvalue weighted by Crippen LogP contribution is -2.41. The van der Waals surface area contributed by atoms with E-state index < -0.39 is 0 Å². The minimum Gasteiger partial charge on any atom is -0.330 e. The molecule has 1 aliphatic carbocycles. The standard InChI is InChI=1S/C11H23ClN2/c12-7-10-14(11-5-4-6-11)9-3-1-2-8-13/h11H,1-10,13H2. The van der Waals surface area contributed by atoms with Crippen LogP contribution in [0.25, 0.3) is 0 Å². The highest BCUT2D eigenvalue weighted by molar-refractivity contribution is 6.18. The van der Waals surface area contributed by atoms with E-state index in [4.69, 9.17) is 17.3 Å². The number of halogens is 1. The molecule has 14 heavy (non-hydrogen) atoms. The molecule has 1 saturated carbocycles. The number of hydrogen-bond donors (Lipinski definition) is 1. The number of unbranched alkanes of at least 4 members (excludes halogenated alkanes) is 2. The second kappa shape index (κ2) is 7.49. The van der Waals surface area contributed by atoms with Crippen molar-refractivity contribution in [3.05, 3.63) is 0 Å². The molecule has 0 spiro atoms. The van der Waals surface area contributed by atoms with Crippen molar-refractivity contribution >= 4 is 11.6 Å². The van der Waals surface area contributed by atoms with Crippen molar-refractivity contribution in [3.63, 3.8) is 0 Å². The Morgan fingerprint density at radius 2 is 1.93 bits per heavy atom. The first kappa shape index (κ1) is 12.3. The third-order valence-corrected chi connectivity index (χ3v) is 3.28. The molecule has 0 amide bonds. The van der Waals surface area contributed by atoms with E-state index in [1.165, 1.54) is 45.1 Å². The van der Waals surface area contributed by atoms with E-state index in [1.807, 2.05) is 0 Å². The number of hydrogen-bond acceptors (Lipinski definition) is 2. The molecular formula is C11H23ClN2. The highest BCUT2D eigenvalue weighted by atomic mass is 35.5. The lowest BCUT2D eigenvalue weighted by atomic mass is 9.91. The second-order valence-electron chi connectivity index (χ2n) is 4.16. The van der Waals surface area contributed by atoms with Crippen molar-refractivity contribution in [1.29, 1.82) is 0 Å². The summed E-state index contributed by atoms with van der Waals surface area (Å²) in [7, 11) is 0. The van der Waals surface area contributed by atoms with Crippen molar-refractivity contribution in [2.24, 2.45) is 5.73 Å². The monoisotopic (exact) mass is 218 g/mol. The molecule has 0 heterocycles. The Morgan fingerprint density at radius 1 is 1.14 bits per heavy atom. The smallest absolute Gasteiger partial charge is 0.0351 e. The molecule has 0 bridgehead atoms. The quantitative estimate of drug-likeness (QED) is 0.500. The van der Waals surface area contributed by atoms with Crippen LogP contribution in [0.15, 0.2) is 0 Å². The van der Waals surface area contributed by atoms with E-state index in [9.17, 15) is 0 Å². The number of nitrogens with two attached hydrogens (primary N) is 1. The Labute approximate surface area is 92.8 Å². The fourth-order valence-corrected chi connectivity index (χ4v) is 2.19. The van der Waals surface area contributed by atoms with E-state index in [0.29, 0.717) is 0 Å². The molecule has 0 atom stereocenters. The molecular weight excluding hydrogens is 196 g/mol. The molecule has 0 aliphatic heterocycles. The number of rotatable bonds is 8. The van der Waals surface area contributed by atoms with E-state index in [0.717, 1.165) is 25.0 Å². The van der Waals surface area contributed by atoms with E-state index >= 15 is 0 Å². The van der Waals surface area contributed by atoms with Gasteiger partial charge in [0, 0.05) is 18.5 Å². The van der Waals surface area contributed by atoms with Crippen molar-refractivity contribution in [1.82, 2.24) is 4.90 Å². The van der Waals surface area contributed by atoms with Gasteiger partial charge in [-0.05, 0) is 38.8 Å². The van der Waals surface area contributed by atoms with Gasteiger partial charge in [0.1, 0.15) is 0 Å². The summed E-state index contributed by atoms with van der Waals surface area (Å²) >= 11 is 5.80. The summed E-state index contributed by atoms with van der Waals surface area (Å²) in [5.41, 5.74) is 5.47. The molecule has 0 unspecified atom stereocenters. The molecule has 0 aromatic heterocycles. The van der Waals surface area contributed by atoms with Gasteiger partial charge in [-0.15, -0.1) is 11.6 Å². The number of nitrogens with zero attached hydrogens (tertiary/aromatic N) is 1. The largest absolute Gasteiger partial charge is 0.330 e. The Hall–Kier alpha value is 0.210. The zero-order valence-electron chi connectivity index (χ0n) is 9.05. The van der Waals surface area contributed by atoms with Gasteiger partial charge in [-0.3, -0.25) is 4.90 Å². The molecule has 3 heteroatoms. The Morgan fingerprint density at radius 3 is 2.43 bits per heavy atom. The van der Waals surface area contributed by atoms with E-state index in [-0.39, 0.29) is 0 Å². The predicted octanol–water partition coefficient (Wildman–Crippen LogP) is 2.21. The van der Waals surface area contributed by atoms with Crippen molar-refractivity contribution in [3.8, 4) is 0 Å². The fraction of sp³-hybridized carbons (Fsp3) is 1.00. The summed E-state index contributed by atoms with van der Waals surface area (Å²) in [4.78, 5) is 2.56. The SMILES string of the molecule is NCCCCCN(CCCl)C1CCC1. The third-order valence-electron chi connectivity index (χ3n) is 3.11. The first-order valence-electron chi connectivity index (χ1n) is 5.88. The summed E-state index contributed by atoms with van der Waals surface area (Å²) in [6.45, 7) is 3.12. The van der Waals surface area contributed by atoms with Gasteiger partial charge in [-0.1, -0.05) is 12.8 Å². The highest BCUT2D eigenvalue weighted by Crippen LogP contribution is 2.24. The van der Waals surface area contributed by atoms with Crippen molar-refractivity contribution in [2.75, 3.05) is 25.5 Å². The molecule has 2 N–H and O–H groups in total. The van der Waals surface area contributed by atoms with Crippen LogP contribution in [0.1, 0.15) is 38.5 Å². The Kier molecular flexibility index (Phi) is 6.57. The van der Waals surface area contributed by atoms with Gasteiger partial charge in [-0.2, -0.15) is 0 Å². The van der Waals surface area contributed by atoms with Crippen LogP contribution in [0, 0.1) is 0 Å². The van der Waals surface area contributed by atoms with Crippen molar-refractivity contribution in [2.45, 2.75) is 44.6 Å². The summed E-state index contributed by atoms with van der Waals surface area (Å²) in [5.74, 6) is 0.771. The second-order valence-corrected chi connectivity index (χ2v) is 4.54. The Balaban J connectivity index is 2.08. The maximum Gasteiger partial charge on any atom is 0.0351 e. The zero-order valence-corrected chi connectivity index (χ0v) is 9.81. The predicted molar refractivity (Wildman–Crippen MR) is 62.8 cm³/mol. The molecule has 2 nitrogen and oxygen atoms in total. The molecule has 1 rings (SSSR count). The van der Waals surface area contributed by atoms with Crippen LogP contribution in [-0.2, 0) is 0 Å². The average Bonchev–Trinajstić information content (AvgIpc) is 2.10. The van der Waals surface area contributed by atoms with Crippen LogP contribution in [0.5, 0.6) is 0 Å². The van der Waals surface area contributed by atoms with Crippen LogP contribution in [-0.4, -0.2) is 36.5 Å². The fourth-order valence-electron chi connectivity index (χ4n) is 1.97. The Bertz CT molecular complexity index is 137.